The Labute approximate surface area is 48.4 Å². The fourth-order valence-corrected chi connectivity index (χ4v) is 0.224. The van der Waals surface area contributed by atoms with E-state index in [1.54, 1.807) is 6.92 Å². The molecule has 1 nitrogen and oxygen atoms in total. The van der Waals surface area contributed by atoms with Gasteiger partial charge >= 0.3 is 0 Å². The highest BCUT2D eigenvalue weighted by Crippen LogP contribution is 1.76. The summed E-state index contributed by atoms with van der Waals surface area (Å²) in [7, 11) is 0. The first-order valence-electron chi connectivity index (χ1n) is 4.97. The molecule has 0 heterocycles. The maximum Gasteiger partial charge on any atom is 0.0394 e. The van der Waals surface area contributed by atoms with Gasteiger partial charge in [-0.05, 0) is 26.9 Å². The Bertz CT molecular complexity index is 122. The summed E-state index contributed by atoms with van der Waals surface area (Å²) < 4.78 is 41.7. The van der Waals surface area contributed by atoms with Gasteiger partial charge in [0.15, 0.2) is 0 Å². The van der Waals surface area contributed by atoms with Crippen molar-refractivity contribution in [2.45, 2.75) is 13.3 Å². The van der Waals surface area contributed by atoms with E-state index >= 15 is 0 Å². The van der Waals surface area contributed by atoms with Crippen molar-refractivity contribution in [3.63, 3.8) is 0 Å². The number of hydrogen-bond acceptors (Lipinski definition) is 1. The molecule has 6 heavy (non-hydrogen) atoms. The molecule has 0 saturated heterocycles. The molecule has 0 aromatic carbocycles. The van der Waals surface area contributed by atoms with Crippen molar-refractivity contribution in [1.82, 2.24) is 4.90 Å². The molecule has 0 aliphatic heterocycles. The lowest BCUT2D eigenvalue weighted by atomic mass is 10.5. The molecule has 0 amide bonds. The summed E-state index contributed by atoms with van der Waals surface area (Å²) >= 11 is 0. The maximum atomic E-state index is 6.95. The molecule has 1 heteroatoms. The van der Waals surface area contributed by atoms with Crippen molar-refractivity contribution in [1.29, 1.82) is 0 Å². The minimum atomic E-state index is -2.53. The highest BCUT2D eigenvalue weighted by atomic mass is 15.0. The van der Waals surface area contributed by atoms with Gasteiger partial charge < -0.3 is 4.90 Å². The average Bonchev–Trinajstić information content (AvgIpc) is 1.77. The molecule has 0 aliphatic carbocycles. The molecule has 0 fully saturated rings. The third-order valence-corrected chi connectivity index (χ3v) is 0.447. The number of rotatable bonds is 2. The van der Waals surface area contributed by atoms with Crippen molar-refractivity contribution < 1.29 is 8.22 Å². The number of nitrogens with zero attached hydrogens (tertiary/aromatic N) is 1. The van der Waals surface area contributed by atoms with Crippen LogP contribution >= 0.6 is 0 Å². The standard InChI is InChI=1S/C5H13N/c1-4-5-6(2)3/h4-5H2,1-3H3/i2D3,3D3. The Morgan fingerprint density at radius 3 is 2.50 bits per heavy atom. The summed E-state index contributed by atoms with van der Waals surface area (Å²) in [4.78, 5) is 0.556. The van der Waals surface area contributed by atoms with Gasteiger partial charge in [0.05, 0.1) is 0 Å². The van der Waals surface area contributed by atoms with Crippen molar-refractivity contribution in [2.24, 2.45) is 0 Å². The van der Waals surface area contributed by atoms with E-state index in [0.717, 1.165) is 0 Å². The van der Waals surface area contributed by atoms with Crippen LogP contribution < -0.4 is 0 Å². The quantitative estimate of drug-likeness (QED) is 0.491. The summed E-state index contributed by atoms with van der Waals surface area (Å²) in [5.74, 6) is 0. The van der Waals surface area contributed by atoms with Crippen molar-refractivity contribution in [3.8, 4) is 0 Å². The van der Waals surface area contributed by atoms with Crippen LogP contribution in [0.2, 0.25) is 0 Å². The van der Waals surface area contributed by atoms with Gasteiger partial charge in [-0.2, -0.15) is 0 Å². The zero-order valence-corrected chi connectivity index (χ0v) is 3.86. The third kappa shape index (κ3) is 3.96. The average molecular weight is 93.2 g/mol. The second kappa shape index (κ2) is 3.16. The van der Waals surface area contributed by atoms with Crippen LogP contribution in [0.15, 0.2) is 0 Å². The Morgan fingerprint density at radius 1 is 1.67 bits per heavy atom. The van der Waals surface area contributed by atoms with E-state index < -0.39 is 14.0 Å². The zero-order valence-electron chi connectivity index (χ0n) is 9.86. The molecule has 0 atom stereocenters. The molecule has 0 aromatic heterocycles. The maximum absolute atomic E-state index is 6.95. The third-order valence-electron chi connectivity index (χ3n) is 0.447. The van der Waals surface area contributed by atoms with Crippen LogP contribution in [0.5, 0.6) is 0 Å². The molecule has 0 aliphatic rings. The van der Waals surface area contributed by atoms with E-state index in [-0.39, 0.29) is 6.54 Å². The number of hydrogen-bond donors (Lipinski definition) is 0. The first kappa shape index (κ1) is 1.22. The Hall–Kier alpha value is -0.0400. The van der Waals surface area contributed by atoms with Crippen LogP contribution in [0, 0.1) is 0 Å². The van der Waals surface area contributed by atoms with Gasteiger partial charge in [-0.1, -0.05) is 6.92 Å². The summed E-state index contributed by atoms with van der Waals surface area (Å²) in [6.45, 7) is -3.25. The molecule has 0 saturated carbocycles. The summed E-state index contributed by atoms with van der Waals surface area (Å²) in [5, 5.41) is 0. The normalized spacial score (nSPS) is 29.0. The van der Waals surface area contributed by atoms with E-state index in [1.807, 2.05) is 0 Å². The Morgan fingerprint density at radius 2 is 2.33 bits per heavy atom. The van der Waals surface area contributed by atoms with Gasteiger partial charge in [0.25, 0.3) is 0 Å². The summed E-state index contributed by atoms with van der Waals surface area (Å²) in [6, 6.07) is 0. The molecule has 0 bridgehead atoms. The largest absolute Gasteiger partial charge is 0.309 e. The van der Waals surface area contributed by atoms with Gasteiger partial charge in [0.2, 0.25) is 0 Å². The lowest BCUT2D eigenvalue weighted by Gasteiger charge is -2.03. The minimum absolute atomic E-state index is 0.0625. The van der Waals surface area contributed by atoms with Gasteiger partial charge in [0.1, 0.15) is 0 Å². The first-order valence-corrected chi connectivity index (χ1v) is 1.97. The van der Waals surface area contributed by atoms with Crippen LogP contribution in [0.4, 0.5) is 0 Å². The second-order valence-corrected chi connectivity index (χ2v) is 1.15. The van der Waals surface area contributed by atoms with Gasteiger partial charge in [-0.25, -0.2) is 0 Å². The van der Waals surface area contributed by atoms with Crippen molar-refractivity contribution in [2.75, 3.05) is 20.5 Å². The smallest absolute Gasteiger partial charge is 0.0394 e. The fourth-order valence-electron chi connectivity index (χ4n) is 0.224. The van der Waals surface area contributed by atoms with E-state index in [1.165, 1.54) is 0 Å². The van der Waals surface area contributed by atoms with Crippen LogP contribution in [0.25, 0.3) is 0 Å². The topological polar surface area (TPSA) is 3.24 Å². The summed E-state index contributed by atoms with van der Waals surface area (Å²) in [5.41, 5.74) is 0. The lowest BCUT2D eigenvalue weighted by Crippen LogP contribution is -2.11. The highest BCUT2D eigenvalue weighted by molar-refractivity contribution is 4.34. The van der Waals surface area contributed by atoms with Gasteiger partial charge in [-0.3, -0.25) is 0 Å². The van der Waals surface area contributed by atoms with E-state index in [2.05, 4.69) is 0 Å². The molecule has 0 radical (unpaired) electrons. The van der Waals surface area contributed by atoms with Crippen LogP contribution in [0.1, 0.15) is 21.6 Å². The van der Waals surface area contributed by atoms with E-state index in [4.69, 9.17) is 8.22 Å². The summed E-state index contributed by atoms with van der Waals surface area (Å²) in [6.07, 6.45) is 0.511. The van der Waals surface area contributed by atoms with Crippen molar-refractivity contribution in [3.05, 3.63) is 0 Å². The Balaban J connectivity index is 4.45. The molecule has 0 N–H and O–H groups in total. The predicted octanol–water partition coefficient (Wildman–Crippen LogP) is 0.958. The molecule has 0 rings (SSSR count). The van der Waals surface area contributed by atoms with Crippen LogP contribution in [-0.2, 0) is 0 Å². The monoisotopic (exact) mass is 93.1 g/mol. The van der Waals surface area contributed by atoms with Crippen LogP contribution in [0.3, 0.4) is 0 Å². The molecule has 0 aromatic rings. The molecule has 0 spiro atoms. The molecular weight excluding hydrogens is 74.1 g/mol. The minimum Gasteiger partial charge on any atom is -0.309 e. The fraction of sp³-hybridized carbons (Fsp3) is 1.00. The Kier molecular flexibility index (Phi) is 0.643. The van der Waals surface area contributed by atoms with Crippen LogP contribution in [-0.4, -0.2) is 25.4 Å². The lowest BCUT2D eigenvalue weighted by molar-refractivity contribution is 0.408. The van der Waals surface area contributed by atoms with E-state index in [0.29, 0.717) is 11.3 Å². The SMILES string of the molecule is [2H]C([2H])([2H])N(CCC)C([2H])([2H])[2H]. The predicted molar refractivity (Wildman–Crippen MR) is 28.8 cm³/mol. The van der Waals surface area contributed by atoms with Gasteiger partial charge in [-0.15, -0.1) is 0 Å². The molecular formula is C5H13N. The van der Waals surface area contributed by atoms with Crippen molar-refractivity contribution >= 4 is 0 Å². The zero-order chi connectivity index (χ0) is 9.99. The molecule has 38 valence electrons. The van der Waals surface area contributed by atoms with E-state index in [9.17, 15) is 0 Å². The highest BCUT2D eigenvalue weighted by Gasteiger charge is 1.79. The second-order valence-electron chi connectivity index (χ2n) is 1.15. The molecule has 0 unspecified atom stereocenters. The first-order chi connectivity index (χ1) is 5.19. The van der Waals surface area contributed by atoms with Gasteiger partial charge in [0, 0.05) is 8.22 Å².